The third-order valence-electron chi connectivity index (χ3n) is 6.60. The van der Waals surface area contributed by atoms with Crippen LogP contribution in [0.3, 0.4) is 0 Å². The van der Waals surface area contributed by atoms with Crippen LogP contribution in [-0.2, 0) is 26.0 Å². The topological polar surface area (TPSA) is 93.2 Å². The van der Waals surface area contributed by atoms with Gasteiger partial charge in [0.15, 0.2) is 11.5 Å². The number of piperidine rings is 1. The Morgan fingerprint density at radius 3 is 2.31 bits per heavy atom. The summed E-state index contributed by atoms with van der Waals surface area (Å²) in [6, 6.07) is 3.59. The third-order valence-corrected chi connectivity index (χ3v) is 8.89. The van der Waals surface area contributed by atoms with Gasteiger partial charge in [-0.1, -0.05) is 6.42 Å². The van der Waals surface area contributed by atoms with E-state index in [1.54, 1.807) is 17.5 Å². The predicted octanol–water partition coefficient (Wildman–Crippen LogP) is 2.37. The van der Waals surface area contributed by atoms with Gasteiger partial charge in [-0.15, -0.1) is 0 Å². The molecule has 1 atom stereocenters. The fraction of sp³-hybridized carbons (Fsp3) is 0.565. The largest absolute Gasteiger partial charge is 0.493 e. The van der Waals surface area contributed by atoms with Gasteiger partial charge in [0.1, 0.15) is 5.25 Å². The number of rotatable bonds is 5. The van der Waals surface area contributed by atoms with Crippen LogP contribution in [0.1, 0.15) is 49.7 Å². The molecule has 2 amide bonds. The number of ether oxygens (including phenoxy) is 2. The third kappa shape index (κ3) is 4.15. The van der Waals surface area contributed by atoms with Gasteiger partial charge in [0.05, 0.1) is 14.2 Å². The van der Waals surface area contributed by atoms with E-state index >= 15 is 0 Å². The molecule has 0 bridgehead atoms. The Kier molecular flexibility index (Phi) is 6.57. The maximum atomic E-state index is 13.6. The number of hydrogen-bond acceptors (Lipinski definition) is 6. The molecule has 3 aliphatic rings. The Morgan fingerprint density at radius 2 is 1.69 bits per heavy atom. The summed E-state index contributed by atoms with van der Waals surface area (Å²) in [6.07, 6.45) is 5.95. The number of hydrogen-bond donors (Lipinski definition) is 0. The smallest absolute Gasteiger partial charge is 0.253 e. The van der Waals surface area contributed by atoms with Crippen LogP contribution >= 0.6 is 0 Å². The summed E-state index contributed by atoms with van der Waals surface area (Å²) < 4.78 is 39.7. The average molecular weight is 463 g/mol. The first-order valence-corrected chi connectivity index (χ1v) is 12.7. The SMILES string of the molecule is COc1cc2c(cc1OC)/C(=C/C(=O)N1CCCC1=O)C(S(=O)(=O)N1CCCCC1)CC2. The van der Waals surface area contributed by atoms with Crippen molar-refractivity contribution >= 4 is 27.4 Å². The summed E-state index contributed by atoms with van der Waals surface area (Å²) in [6.45, 7) is 1.37. The zero-order valence-electron chi connectivity index (χ0n) is 18.6. The van der Waals surface area contributed by atoms with Crippen molar-refractivity contribution in [1.29, 1.82) is 0 Å². The van der Waals surface area contributed by atoms with E-state index in [9.17, 15) is 18.0 Å². The predicted molar refractivity (Wildman–Crippen MR) is 120 cm³/mol. The lowest BCUT2D eigenvalue weighted by Crippen LogP contribution is -2.43. The molecule has 8 nitrogen and oxygen atoms in total. The summed E-state index contributed by atoms with van der Waals surface area (Å²) in [4.78, 5) is 26.4. The summed E-state index contributed by atoms with van der Waals surface area (Å²) in [7, 11) is -0.586. The molecule has 0 N–H and O–H groups in total. The van der Waals surface area contributed by atoms with Gasteiger partial charge in [-0.25, -0.2) is 12.7 Å². The van der Waals surface area contributed by atoms with Crippen molar-refractivity contribution in [3.05, 3.63) is 29.3 Å². The molecule has 174 valence electrons. The van der Waals surface area contributed by atoms with E-state index in [0.29, 0.717) is 68.0 Å². The lowest BCUT2D eigenvalue weighted by molar-refractivity contribution is -0.138. The second-order valence-electron chi connectivity index (χ2n) is 8.48. The molecular formula is C23H30N2O6S. The zero-order chi connectivity index (χ0) is 22.9. The minimum absolute atomic E-state index is 0.217. The molecule has 1 unspecified atom stereocenters. The van der Waals surface area contributed by atoms with Crippen LogP contribution in [0.25, 0.3) is 5.57 Å². The first kappa shape index (κ1) is 22.8. The maximum Gasteiger partial charge on any atom is 0.253 e. The molecular weight excluding hydrogens is 432 g/mol. The van der Waals surface area contributed by atoms with Gasteiger partial charge < -0.3 is 9.47 Å². The van der Waals surface area contributed by atoms with Gasteiger partial charge in [0, 0.05) is 32.1 Å². The van der Waals surface area contributed by atoms with Gasteiger partial charge in [0.25, 0.3) is 5.91 Å². The van der Waals surface area contributed by atoms with E-state index in [1.807, 2.05) is 6.07 Å². The van der Waals surface area contributed by atoms with Gasteiger partial charge in [-0.05, 0) is 60.9 Å². The van der Waals surface area contributed by atoms with Crippen LogP contribution < -0.4 is 9.47 Å². The van der Waals surface area contributed by atoms with Crippen LogP contribution in [0.15, 0.2) is 18.2 Å². The van der Waals surface area contributed by atoms with E-state index in [4.69, 9.17) is 9.47 Å². The molecule has 2 aliphatic heterocycles. The molecule has 4 rings (SSSR count). The molecule has 32 heavy (non-hydrogen) atoms. The molecule has 0 saturated carbocycles. The van der Waals surface area contributed by atoms with Crippen LogP contribution in [0.5, 0.6) is 11.5 Å². The van der Waals surface area contributed by atoms with E-state index in [2.05, 4.69) is 0 Å². The highest BCUT2D eigenvalue weighted by Gasteiger charge is 2.40. The number of carbonyl (C=O) groups is 2. The lowest BCUT2D eigenvalue weighted by atomic mass is 9.86. The van der Waals surface area contributed by atoms with Crippen molar-refractivity contribution in [2.24, 2.45) is 0 Å². The molecule has 1 aliphatic carbocycles. The second kappa shape index (κ2) is 9.23. The van der Waals surface area contributed by atoms with Crippen molar-refractivity contribution in [2.45, 2.75) is 50.2 Å². The molecule has 1 aromatic carbocycles. The number of amides is 2. The number of likely N-dealkylation sites (tertiary alicyclic amines) is 1. The second-order valence-corrected chi connectivity index (χ2v) is 10.6. The highest BCUT2D eigenvalue weighted by Crippen LogP contribution is 2.42. The van der Waals surface area contributed by atoms with Gasteiger partial charge in [-0.3, -0.25) is 14.5 Å². The van der Waals surface area contributed by atoms with Crippen molar-refractivity contribution in [1.82, 2.24) is 9.21 Å². The Hall–Kier alpha value is -2.39. The number of imide groups is 1. The minimum Gasteiger partial charge on any atom is -0.493 e. The molecule has 0 aromatic heterocycles. The summed E-state index contributed by atoms with van der Waals surface area (Å²) >= 11 is 0. The van der Waals surface area contributed by atoms with Crippen LogP contribution in [-0.4, -0.2) is 68.5 Å². The Morgan fingerprint density at radius 1 is 1.00 bits per heavy atom. The molecule has 2 heterocycles. The molecule has 0 spiro atoms. The highest BCUT2D eigenvalue weighted by molar-refractivity contribution is 7.90. The van der Waals surface area contributed by atoms with Crippen molar-refractivity contribution in [3.8, 4) is 11.5 Å². The summed E-state index contributed by atoms with van der Waals surface area (Å²) in [5, 5.41) is -0.840. The number of fused-ring (bicyclic) bond motifs is 1. The number of carbonyl (C=O) groups excluding carboxylic acids is 2. The Bertz CT molecular complexity index is 1040. The van der Waals surface area contributed by atoms with Crippen LogP contribution in [0.4, 0.5) is 0 Å². The van der Waals surface area contributed by atoms with Gasteiger partial charge in [0.2, 0.25) is 15.9 Å². The van der Waals surface area contributed by atoms with E-state index in [0.717, 1.165) is 24.8 Å². The minimum atomic E-state index is -3.66. The van der Waals surface area contributed by atoms with Crippen LogP contribution in [0, 0.1) is 0 Å². The molecule has 0 radical (unpaired) electrons. The van der Waals surface area contributed by atoms with Gasteiger partial charge >= 0.3 is 0 Å². The Balaban J connectivity index is 1.81. The molecule has 2 fully saturated rings. The van der Waals surface area contributed by atoms with E-state index in [-0.39, 0.29) is 5.91 Å². The fourth-order valence-electron chi connectivity index (χ4n) is 4.88. The first-order chi connectivity index (χ1) is 15.4. The van der Waals surface area contributed by atoms with Crippen molar-refractivity contribution in [2.75, 3.05) is 33.9 Å². The molecule has 2 saturated heterocycles. The monoisotopic (exact) mass is 462 g/mol. The van der Waals surface area contributed by atoms with Gasteiger partial charge in [-0.2, -0.15) is 0 Å². The lowest BCUT2D eigenvalue weighted by Gasteiger charge is -2.34. The van der Waals surface area contributed by atoms with E-state index < -0.39 is 21.2 Å². The number of sulfonamides is 1. The standard InChI is InChI=1S/C23H30N2O6S/c1-30-19-13-16-8-9-21(32(28,29)24-10-4-3-5-11-24)18(17(16)14-20(19)31-2)15-23(27)25-12-6-7-22(25)26/h13-15,21H,3-12H2,1-2H3/b18-15-. The summed E-state index contributed by atoms with van der Waals surface area (Å²) in [5.41, 5.74) is 2.00. The zero-order valence-corrected chi connectivity index (χ0v) is 19.4. The number of aryl methyl sites for hydroxylation is 1. The number of nitrogens with zero attached hydrogens (tertiary/aromatic N) is 2. The number of benzene rings is 1. The fourth-order valence-corrected chi connectivity index (χ4v) is 6.94. The molecule has 1 aromatic rings. The summed E-state index contributed by atoms with van der Waals surface area (Å²) in [5.74, 6) is 0.358. The van der Waals surface area contributed by atoms with Crippen molar-refractivity contribution < 1.29 is 27.5 Å². The molecule has 9 heteroatoms. The quantitative estimate of drug-likeness (QED) is 0.624. The average Bonchev–Trinajstić information content (AvgIpc) is 3.24. The number of methoxy groups -OCH3 is 2. The van der Waals surface area contributed by atoms with E-state index in [1.165, 1.54) is 18.1 Å². The van der Waals surface area contributed by atoms with Crippen LogP contribution in [0.2, 0.25) is 0 Å². The Labute approximate surface area is 189 Å². The maximum absolute atomic E-state index is 13.6. The highest BCUT2D eigenvalue weighted by atomic mass is 32.2. The normalized spacial score (nSPS) is 23.3. The van der Waals surface area contributed by atoms with Crippen molar-refractivity contribution in [3.63, 3.8) is 0 Å². The first-order valence-electron chi connectivity index (χ1n) is 11.2.